The predicted octanol–water partition coefficient (Wildman–Crippen LogP) is 3.21. The first-order valence-electron chi connectivity index (χ1n) is 8.03. The molecule has 2 N–H and O–H groups in total. The lowest BCUT2D eigenvalue weighted by atomic mass is 10.1. The Hall–Kier alpha value is -1.20. The monoisotopic (exact) mass is 322 g/mol. The van der Waals surface area contributed by atoms with E-state index in [1.54, 1.807) is 0 Å². The molecule has 1 unspecified atom stereocenters. The van der Waals surface area contributed by atoms with E-state index in [1.807, 2.05) is 36.9 Å². The van der Waals surface area contributed by atoms with Crippen molar-refractivity contribution in [3.63, 3.8) is 0 Å². The van der Waals surface area contributed by atoms with Crippen LogP contribution in [0, 0.1) is 6.92 Å². The molecule has 1 amide bonds. The Balaban J connectivity index is 1.84. The van der Waals surface area contributed by atoms with Crippen LogP contribution in [-0.4, -0.2) is 36.6 Å². The van der Waals surface area contributed by atoms with Crippen LogP contribution in [0.5, 0.6) is 5.75 Å². The van der Waals surface area contributed by atoms with Gasteiger partial charge >= 0.3 is 0 Å². The molecule has 0 radical (unpaired) electrons. The van der Waals surface area contributed by atoms with Crippen molar-refractivity contribution in [2.45, 2.75) is 39.2 Å². The number of thioether (sulfide) groups is 1. The second kappa shape index (κ2) is 9.06. The zero-order valence-corrected chi connectivity index (χ0v) is 14.3. The molecular formula is C17H26N2O2S. The van der Waals surface area contributed by atoms with Gasteiger partial charge in [0.25, 0.3) is 0 Å². The number of carbonyl (C=O) groups excluding carboxylic acids is 1. The quantitative estimate of drug-likeness (QED) is 0.757. The van der Waals surface area contributed by atoms with Gasteiger partial charge in [-0.1, -0.05) is 13.3 Å². The van der Waals surface area contributed by atoms with Crippen LogP contribution >= 0.6 is 11.8 Å². The number of anilines is 1. The number of nitrogens with one attached hydrogen (secondary N) is 2. The van der Waals surface area contributed by atoms with Crippen LogP contribution in [-0.2, 0) is 4.79 Å². The molecule has 1 saturated heterocycles. The van der Waals surface area contributed by atoms with E-state index in [0.717, 1.165) is 54.5 Å². The van der Waals surface area contributed by atoms with Gasteiger partial charge in [0.2, 0.25) is 5.91 Å². The molecule has 0 aliphatic carbocycles. The first-order chi connectivity index (χ1) is 10.7. The minimum absolute atomic E-state index is 0.0720. The number of aryl methyl sites for hydroxylation is 1. The average Bonchev–Trinajstić information content (AvgIpc) is 2.51. The molecule has 1 aromatic carbocycles. The van der Waals surface area contributed by atoms with Gasteiger partial charge in [-0.15, -0.1) is 0 Å². The first-order valence-corrected chi connectivity index (χ1v) is 9.19. The smallest absolute Gasteiger partial charge is 0.225 e. The van der Waals surface area contributed by atoms with Crippen molar-refractivity contribution in [2.24, 2.45) is 0 Å². The van der Waals surface area contributed by atoms with Gasteiger partial charge in [0.05, 0.1) is 6.61 Å². The van der Waals surface area contributed by atoms with Gasteiger partial charge in [-0.3, -0.25) is 4.79 Å². The van der Waals surface area contributed by atoms with Crippen LogP contribution in [0.4, 0.5) is 5.69 Å². The Morgan fingerprint density at radius 2 is 2.36 bits per heavy atom. The Morgan fingerprint density at radius 1 is 1.50 bits per heavy atom. The van der Waals surface area contributed by atoms with Crippen LogP contribution in [0.25, 0.3) is 0 Å². The highest BCUT2D eigenvalue weighted by molar-refractivity contribution is 7.99. The van der Waals surface area contributed by atoms with E-state index in [9.17, 15) is 4.79 Å². The van der Waals surface area contributed by atoms with E-state index in [4.69, 9.17) is 4.74 Å². The summed E-state index contributed by atoms with van der Waals surface area (Å²) in [7, 11) is 0. The van der Waals surface area contributed by atoms with E-state index in [0.29, 0.717) is 6.42 Å². The second-order valence-electron chi connectivity index (χ2n) is 5.66. The number of amides is 1. The summed E-state index contributed by atoms with van der Waals surface area (Å²) in [5.74, 6) is 3.09. The summed E-state index contributed by atoms with van der Waals surface area (Å²) in [5, 5.41) is 6.39. The summed E-state index contributed by atoms with van der Waals surface area (Å²) in [6.07, 6.45) is 2.71. The summed E-state index contributed by atoms with van der Waals surface area (Å²) in [4.78, 5) is 12.1. The molecule has 2 rings (SSSR count). The lowest BCUT2D eigenvalue weighted by Crippen LogP contribution is -2.39. The van der Waals surface area contributed by atoms with Gasteiger partial charge in [0.15, 0.2) is 0 Å². The number of rotatable bonds is 7. The van der Waals surface area contributed by atoms with Crippen molar-refractivity contribution in [3.8, 4) is 5.75 Å². The topological polar surface area (TPSA) is 50.4 Å². The minimum Gasteiger partial charge on any atom is -0.494 e. The van der Waals surface area contributed by atoms with Crippen LogP contribution in [0.15, 0.2) is 18.2 Å². The van der Waals surface area contributed by atoms with Gasteiger partial charge in [-0.2, -0.15) is 11.8 Å². The summed E-state index contributed by atoms with van der Waals surface area (Å²) >= 11 is 1.91. The Labute approximate surface area is 137 Å². The molecule has 5 heteroatoms. The molecule has 122 valence electrons. The maximum atomic E-state index is 12.1. The number of hydrogen-bond acceptors (Lipinski definition) is 4. The highest BCUT2D eigenvalue weighted by Crippen LogP contribution is 2.22. The molecule has 0 aromatic heterocycles. The fourth-order valence-electron chi connectivity index (χ4n) is 2.38. The van der Waals surface area contributed by atoms with Crippen LogP contribution in [0.3, 0.4) is 0 Å². The number of benzene rings is 1. The zero-order chi connectivity index (χ0) is 15.8. The third-order valence-corrected chi connectivity index (χ3v) is 4.80. The number of unbranched alkanes of at least 4 members (excludes halogenated alkanes) is 1. The molecule has 0 bridgehead atoms. The Kier molecular flexibility index (Phi) is 7.06. The van der Waals surface area contributed by atoms with Gasteiger partial charge in [0.1, 0.15) is 5.75 Å². The Bertz CT molecular complexity index is 488. The maximum absolute atomic E-state index is 12.1. The fourth-order valence-corrected chi connectivity index (χ4v) is 3.33. The maximum Gasteiger partial charge on any atom is 0.225 e. The average molecular weight is 322 g/mol. The molecular weight excluding hydrogens is 296 g/mol. The van der Waals surface area contributed by atoms with E-state index in [2.05, 4.69) is 17.6 Å². The van der Waals surface area contributed by atoms with Crippen molar-refractivity contribution >= 4 is 23.4 Å². The largest absolute Gasteiger partial charge is 0.494 e. The van der Waals surface area contributed by atoms with E-state index >= 15 is 0 Å². The van der Waals surface area contributed by atoms with Crippen LogP contribution in [0.2, 0.25) is 0 Å². The van der Waals surface area contributed by atoms with Crippen molar-refractivity contribution in [3.05, 3.63) is 23.8 Å². The predicted molar refractivity (Wildman–Crippen MR) is 93.9 cm³/mol. The van der Waals surface area contributed by atoms with Gasteiger partial charge in [-0.25, -0.2) is 0 Å². The number of ether oxygens (including phenoxy) is 1. The lowest BCUT2D eigenvalue weighted by molar-refractivity contribution is -0.116. The number of hydrogen-bond donors (Lipinski definition) is 2. The van der Waals surface area contributed by atoms with Crippen molar-refractivity contribution in [1.82, 2.24) is 5.32 Å². The molecule has 1 aromatic rings. The highest BCUT2D eigenvalue weighted by atomic mass is 32.2. The fraction of sp³-hybridized carbons (Fsp3) is 0.588. The van der Waals surface area contributed by atoms with Crippen LogP contribution in [0.1, 0.15) is 31.7 Å². The summed E-state index contributed by atoms with van der Waals surface area (Å²) in [6.45, 7) is 5.88. The van der Waals surface area contributed by atoms with Gasteiger partial charge in [0, 0.05) is 36.2 Å². The zero-order valence-electron chi connectivity index (χ0n) is 13.5. The third-order valence-electron chi connectivity index (χ3n) is 3.67. The molecule has 1 aliphatic heterocycles. The molecule has 1 aliphatic rings. The van der Waals surface area contributed by atoms with E-state index in [-0.39, 0.29) is 11.9 Å². The molecule has 1 heterocycles. The van der Waals surface area contributed by atoms with Gasteiger partial charge in [-0.05, 0) is 37.1 Å². The molecule has 0 saturated carbocycles. The van der Waals surface area contributed by atoms with Crippen molar-refractivity contribution < 1.29 is 9.53 Å². The third kappa shape index (κ3) is 5.54. The lowest BCUT2D eigenvalue weighted by Gasteiger charge is -2.22. The summed E-state index contributed by atoms with van der Waals surface area (Å²) in [6, 6.07) is 6.13. The first kappa shape index (κ1) is 17.2. The molecule has 0 spiro atoms. The minimum atomic E-state index is 0.0720. The van der Waals surface area contributed by atoms with Crippen molar-refractivity contribution in [2.75, 3.05) is 30.0 Å². The SMILES string of the molecule is CCCCOc1ccc(NC(=O)CC2CSCCN2)c(C)c1. The Morgan fingerprint density at radius 3 is 3.05 bits per heavy atom. The van der Waals surface area contributed by atoms with Gasteiger partial charge < -0.3 is 15.4 Å². The summed E-state index contributed by atoms with van der Waals surface area (Å²) in [5.41, 5.74) is 1.91. The molecule has 4 nitrogen and oxygen atoms in total. The second-order valence-corrected chi connectivity index (χ2v) is 6.81. The molecule has 1 atom stereocenters. The van der Waals surface area contributed by atoms with Crippen molar-refractivity contribution in [1.29, 1.82) is 0 Å². The summed E-state index contributed by atoms with van der Waals surface area (Å²) < 4.78 is 5.68. The number of carbonyl (C=O) groups is 1. The van der Waals surface area contributed by atoms with E-state index < -0.39 is 0 Å². The standard InChI is InChI=1S/C17H26N2O2S/c1-3-4-8-21-15-5-6-16(13(2)10-15)19-17(20)11-14-12-22-9-7-18-14/h5-6,10,14,18H,3-4,7-9,11-12H2,1-2H3,(H,19,20). The van der Waals surface area contributed by atoms with E-state index in [1.165, 1.54) is 0 Å². The molecule has 22 heavy (non-hydrogen) atoms. The highest BCUT2D eigenvalue weighted by Gasteiger charge is 2.17. The van der Waals surface area contributed by atoms with Crippen LogP contribution < -0.4 is 15.4 Å². The molecule has 1 fully saturated rings. The normalized spacial score (nSPS) is 18.0.